The molecule has 3 heterocycles. The third kappa shape index (κ3) is 4.12. The lowest BCUT2D eigenvalue weighted by Gasteiger charge is -2.29. The number of anilines is 1. The van der Waals surface area contributed by atoms with E-state index in [0.717, 1.165) is 54.8 Å². The maximum absolute atomic E-state index is 13.4. The number of carbonyl (C=O) groups is 2. The van der Waals surface area contributed by atoms with Crippen LogP contribution in [0, 0.1) is 0 Å². The van der Waals surface area contributed by atoms with E-state index in [2.05, 4.69) is 11.4 Å². The number of amides is 2. The van der Waals surface area contributed by atoms with E-state index in [1.165, 1.54) is 5.56 Å². The molecule has 0 radical (unpaired) electrons. The molecule has 1 fully saturated rings. The zero-order valence-electron chi connectivity index (χ0n) is 18.1. The van der Waals surface area contributed by atoms with Crippen LogP contribution in [0.5, 0.6) is 0 Å². The Morgan fingerprint density at radius 3 is 2.81 bits per heavy atom. The first kappa shape index (κ1) is 20.7. The predicted molar refractivity (Wildman–Crippen MR) is 123 cm³/mol. The summed E-state index contributed by atoms with van der Waals surface area (Å²) in [6, 6.07) is 16.0. The molecular weight excluding hydrogens is 404 g/mol. The summed E-state index contributed by atoms with van der Waals surface area (Å²) in [6.45, 7) is 2.07. The van der Waals surface area contributed by atoms with Gasteiger partial charge < -0.3 is 19.5 Å². The second-order valence-electron chi connectivity index (χ2n) is 8.42. The summed E-state index contributed by atoms with van der Waals surface area (Å²) in [6.07, 6.45) is 3.89. The summed E-state index contributed by atoms with van der Waals surface area (Å²) >= 11 is 0. The van der Waals surface area contributed by atoms with E-state index in [4.69, 9.17) is 9.72 Å². The van der Waals surface area contributed by atoms with Crippen molar-refractivity contribution in [1.82, 2.24) is 14.9 Å². The van der Waals surface area contributed by atoms with Crippen LogP contribution in [0.1, 0.15) is 30.7 Å². The maximum atomic E-state index is 13.4. The lowest BCUT2D eigenvalue weighted by atomic mass is 10.0. The SMILES string of the molecule is O=C(NCCc1nc2ccccc2n1CC(=O)N1CCCc2ccccc21)C1CCCO1. The first-order chi connectivity index (χ1) is 15.7. The minimum atomic E-state index is -0.338. The Balaban J connectivity index is 1.34. The van der Waals surface area contributed by atoms with Gasteiger partial charge in [0.05, 0.1) is 11.0 Å². The van der Waals surface area contributed by atoms with Gasteiger partial charge in [0.2, 0.25) is 11.8 Å². The van der Waals surface area contributed by atoms with Crippen LogP contribution in [0.15, 0.2) is 48.5 Å². The van der Waals surface area contributed by atoms with Crippen molar-refractivity contribution in [2.24, 2.45) is 0 Å². The third-order valence-electron chi connectivity index (χ3n) is 6.31. The van der Waals surface area contributed by atoms with Crippen molar-refractivity contribution in [3.05, 3.63) is 59.9 Å². The van der Waals surface area contributed by atoms with Gasteiger partial charge in [-0.25, -0.2) is 4.98 Å². The summed E-state index contributed by atoms with van der Waals surface area (Å²) in [5, 5.41) is 2.96. The smallest absolute Gasteiger partial charge is 0.249 e. The fourth-order valence-electron chi connectivity index (χ4n) is 4.70. The number of para-hydroxylation sites is 3. The number of imidazole rings is 1. The van der Waals surface area contributed by atoms with Gasteiger partial charge in [-0.3, -0.25) is 9.59 Å². The second kappa shape index (κ2) is 9.12. The molecule has 0 spiro atoms. The van der Waals surface area contributed by atoms with Crippen molar-refractivity contribution in [2.75, 3.05) is 24.6 Å². The van der Waals surface area contributed by atoms with Gasteiger partial charge in [-0.05, 0) is 49.4 Å². The Bertz CT molecular complexity index is 1130. The number of carbonyl (C=O) groups excluding carboxylic acids is 2. The van der Waals surface area contributed by atoms with Crippen LogP contribution in [0.25, 0.3) is 11.0 Å². The number of nitrogens with one attached hydrogen (secondary N) is 1. The quantitative estimate of drug-likeness (QED) is 0.650. The molecule has 0 bridgehead atoms. The number of benzene rings is 2. The molecule has 2 aliphatic heterocycles. The predicted octanol–water partition coefficient (Wildman–Crippen LogP) is 2.85. The van der Waals surface area contributed by atoms with E-state index < -0.39 is 0 Å². The Kier molecular flexibility index (Phi) is 5.90. The Hall–Kier alpha value is -3.19. The minimum absolute atomic E-state index is 0.0601. The molecule has 32 heavy (non-hydrogen) atoms. The number of hydrogen-bond donors (Lipinski definition) is 1. The molecule has 1 saturated heterocycles. The van der Waals surface area contributed by atoms with Crippen LogP contribution in [0.3, 0.4) is 0 Å². The zero-order chi connectivity index (χ0) is 21.9. The number of hydrogen-bond acceptors (Lipinski definition) is 4. The molecule has 7 nitrogen and oxygen atoms in total. The van der Waals surface area contributed by atoms with Gasteiger partial charge in [0.25, 0.3) is 0 Å². The lowest BCUT2D eigenvalue weighted by molar-refractivity contribution is -0.130. The van der Waals surface area contributed by atoms with E-state index in [9.17, 15) is 9.59 Å². The molecule has 1 aromatic heterocycles. The van der Waals surface area contributed by atoms with E-state index in [1.54, 1.807) is 0 Å². The first-order valence-corrected chi connectivity index (χ1v) is 11.4. The van der Waals surface area contributed by atoms with Crippen molar-refractivity contribution in [3.63, 3.8) is 0 Å². The molecule has 0 aliphatic carbocycles. The van der Waals surface area contributed by atoms with Crippen LogP contribution >= 0.6 is 0 Å². The largest absolute Gasteiger partial charge is 0.368 e. The van der Waals surface area contributed by atoms with Gasteiger partial charge in [0, 0.05) is 31.8 Å². The van der Waals surface area contributed by atoms with Crippen LogP contribution in [0.2, 0.25) is 0 Å². The normalized spacial score (nSPS) is 18.0. The Morgan fingerprint density at radius 1 is 1.09 bits per heavy atom. The van der Waals surface area contributed by atoms with Gasteiger partial charge in [0.15, 0.2) is 0 Å². The van der Waals surface area contributed by atoms with E-state index in [-0.39, 0.29) is 24.5 Å². The van der Waals surface area contributed by atoms with E-state index in [1.807, 2.05) is 51.9 Å². The highest BCUT2D eigenvalue weighted by Crippen LogP contribution is 2.27. The fourth-order valence-corrected chi connectivity index (χ4v) is 4.70. The molecule has 3 aromatic rings. The maximum Gasteiger partial charge on any atom is 0.249 e. The summed E-state index contributed by atoms with van der Waals surface area (Å²) < 4.78 is 7.45. The van der Waals surface area contributed by atoms with Crippen LogP contribution < -0.4 is 10.2 Å². The molecule has 1 N–H and O–H groups in total. The summed E-state index contributed by atoms with van der Waals surface area (Å²) in [5.41, 5.74) is 4.03. The molecule has 2 amide bonds. The number of ether oxygens (including phenoxy) is 1. The van der Waals surface area contributed by atoms with Gasteiger partial charge in [-0.1, -0.05) is 30.3 Å². The number of nitrogens with zero attached hydrogens (tertiary/aromatic N) is 3. The first-order valence-electron chi connectivity index (χ1n) is 11.4. The molecule has 0 saturated carbocycles. The molecule has 2 aliphatic rings. The van der Waals surface area contributed by atoms with Crippen molar-refractivity contribution in [3.8, 4) is 0 Å². The molecular formula is C25H28N4O3. The monoisotopic (exact) mass is 432 g/mol. The van der Waals surface area contributed by atoms with Crippen molar-refractivity contribution >= 4 is 28.5 Å². The van der Waals surface area contributed by atoms with Gasteiger partial charge in [0.1, 0.15) is 18.5 Å². The highest BCUT2D eigenvalue weighted by atomic mass is 16.5. The molecule has 166 valence electrons. The standard InChI is InChI=1S/C25H28N4O3/c30-24(28-15-5-8-18-7-1-3-10-20(18)28)17-29-21-11-4-2-9-19(21)27-23(29)13-14-26-25(31)22-12-6-16-32-22/h1-4,7,9-11,22H,5-6,8,12-17H2,(H,26,31). The fraction of sp³-hybridized carbons (Fsp3) is 0.400. The molecule has 2 aromatic carbocycles. The minimum Gasteiger partial charge on any atom is -0.368 e. The topological polar surface area (TPSA) is 76.5 Å². The number of fused-ring (bicyclic) bond motifs is 2. The van der Waals surface area contributed by atoms with Gasteiger partial charge in [-0.15, -0.1) is 0 Å². The highest BCUT2D eigenvalue weighted by Gasteiger charge is 2.25. The average molecular weight is 433 g/mol. The molecule has 1 unspecified atom stereocenters. The van der Waals surface area contributed by atoms with Gasteiger partial charge >= 0.3 is 0 Å². The number of aryl methyl sites for hydroxylation is 1. The lowest BCUT2D eigenvalue weighted by Crippen LogP contribution is -2.38. The average Bonchev–Trinajstić information content (AvgIpc) is 3.48. The van der Waals surface area contributed by atoms with Gasteiger partial charge in [-0.2, -0.15) is 0 Å². The number of aromatic nitrogens is 2. The highest BCUT2D eigenvalue weighted by molar-refractivity contribution is 5.95. The van der Waals surface area contributed by atoms with E-state index in [0.29, 0.717) is 19.6 Å². The van der Waals surface area contributed by atoms with Crippen LogP contribution in [0.4, 0.5) is 5.69 Å². The second-order valence-corrected chi connectivity index (χ2v) is 8.42. The molecule has 7 heteroatoms. The summed E-state index contributed by atoms with van der Waals surface area (Å²) in [5.74, 6) is 0.800. The van der Waals surface area contributed by atoms with E-state index >= 15 is 0 Å². The Morgan fingerprint density at radius 2 is 1.94 bits per heavy atom. The summed E-state index contributed by atoms with van der Waals surface area (Å²) in [7, 11) is 0. The molecule has 5 rings (SSSR count). The van der Waals surface area contributed by atoms with Crippen LogP contribution in [-0.4, -0.2) is 47.2 Å². The third-order valence-corrected chi connectivity index (χ3v) is 6.31. The van der Waals surface area contributed by atoms with Crippen molar-refractivity contribution < 1.29 is 14.3 Å². The zero-order valence-corrected chi connectivity index (χ0v) is 18.1. The Labute approximate surface area is 187 Å². The van der Waals surface area contributed by atoms with Crippen molar-refractivity contribution in [2.45, 2.75) is 44.8 Å². The van der Waals surface area contributed by atoms with Crippen molar-refractivity contribution in [1.29, 1.82) is 0 Å². The van der Waals surface area contributed by atoms with Crippen LogP contribution in [-0.2, 0) is 33.7 Å². The summed E-state index contributed by atoms with van der Waals surface area (Å²) in [4.78, 5) is 32.3. The number of rotatable bonds is 6. The molecule has 1 atom stereocenters.